The van der Waals surface area contributed by atoms with Crippen LogP contribution in [-0.2, 0) is 14.3 Å². The Morgan fingerprint density at radius 1 is 1.02 bits per heavy atom. The van der Waals surface area contributed by atoms with Gasteiger partial charge in [0.15, 0.2) is 0 Å². The third-order valence-electron chi connectivity index (χ3n) is 6.51. The zero-order chi connectivity index (χ0) is 28.9. The van der Waals surface area contributed by atoms with Crippen molar-refractivity contribution in [2.75, 3.05) is 45.2 Å². The average molecular weight is 584 g/mol. The molecular formula is C30H37N3O5S2. The number of carbonyl (C=O) groups is 3. The highest BCUT2D eigenvalue weighted by Crippen LogP contribution is 2.33. The monoisotopic (exact) mass is 583 g/mol. The summed E-state index contributed by atoms with van der Waals surface area (Å²) < 4.78 is 11.1. The maximum absolute atomic E-state index is 12.8. The van der Waals surface area contributed by atoms with Crippen LogP contribution in [0.15, 0.2) is 53.4 Å². The first-order valence-corrected chi connectivity index (χ1v) is 14.8. The molecule has 1 fully saturated rings. The summed E-state index contributed by atoms with van der Waals surface area (Å²) in [6, 6.07) is 14.2. The van der Waals surface area contributed by atoms with Gasteiger partial charge in [-0.25, -0.2) is 4.79 Å². The Hall–Kier alpha value is -3.21. The van der Waals surface area contributed by atoms with E-state index >= 15 is 0 Å². The number of nitrogens with one attached hydrogen (secondary N) is 1. The minimum absolute atomic E-state index is 0.0835. The van der Waals surface area contributed by atoms with Crippen molar-refractivity contribution < 1.29 is 23.9 Å². The number of thioether (sulfide) groups is 1. The molecular weight excluding hydrogens is 546 g/mol. The minimum atomic E-state index is -0.372. The smallest absolute Gasteiger partial charge is 0.338 e. The highest BCUT2D eigenvalue weighted by molar-refractivity contribution is 8.26. The first-order valence-electron chi connectivity index (χ1n) is 13.5. The molecule has 0 bridgehead atoms. The molecule has 214 valence electrons. The summed E-state index contributed by atoms with van der Waals surface area (Å²) in [5.74, 6) is 0.209. The number of likely N-dealkylation sites (N-methyl/N-ethyl adjacent to an activating group) is 1. The Morgan fingerprint density at radius 3 is 2.38 bits per heavy atom. The Bertz CT molecular complexity index is 1190. The molecule has 0 aromatic heterocycles. The van der Waals surface area contributed by atoms with E-state index in [4.69, 9.17) is 21.7 Å². The fraction of sp³-hybridized carbons (Fsp3) is 0.400. The Balaban J connectivity index is 1.35. The van der Waals surface area contributed by atoms with E-state index in [1.165, 1.54) is 11.8 Å². The van der Waals surface area contributed by atoms with Crippen molar-refractivity contribution in [3.63, 3.8) is 0 Å². The molecule has 0 saturated carbocycles. The summed E-state index contributed by atoms with van der Waals surface area (Å²) in [5.41, 5.74) is 1.99. The van der Waals surface area contributed by atoms with Crippen LogP contribution in [0.5, 0.6) is 5.75 Å². The van der Waals surface area contributed by atoms with Crippen LogP contribution in [0.4, 0.5) is 5.69 Å². The molecule has 1 saturated heterocycles. The van der Waals surface area contributed by atoms with Crippen molar-refractivity contribution in [1.82, 2.24) is 9.80 Å². The molecule has 0 aliphatic carbocycles. The summed E-state index contributed by atoms with van der Waals surface area (Å²) in [4.78, 5) is 41.8. The van der Waals surface area contributed by atoms with Crippen molar-refractivity contribution in [3.05, 3.63) is 64.6 Å². The number of hydrogen-bond acceptors (Lipinski definition) is 8. The van der Waals surface area contributed by atoms with Gasteiger partial charge in [-0.1, -0.05) is 56.4 Å². The van der Waals surface area contributed by atoms with Crippen LogP contribution < -0.4 is 10.1 Å². The molecule has 1 aliphatic rings. The summed E-state index contributed by atoms with van der Waals surface area (Å²) in [6.07, 6.45) is 4.44. The number of benzene rings is 2. The van der Waals surface area contributed by atoms with Crippen LogP contribution in [-0.4, -0.2) is 71.8 Å². The number of rotatable bonds is 15. The number of hydrogen-bond donors (Lipinski definition) is 1. The lowest BCUT2D eigenvalue weighted by Gasteiger charge is -2.17. The number of carbonyl (C=O) groups excluding carboxylic acids is 3. The number of ether oxygens (including phenoxy) is 2. The van der Waals surface area contributed by atoms with E-state index in [2.05, 4.69) is 24.1 Å². The van der Waals surface area contributed by atoms with Crippen LogP contribution in [0.2, 0.25) is 0 Å². The molecule has 8 nitrogen and oxygen atoms in total. The number of thiocarbonyl (C=S) groups is 1. The number of esters is 1. The summed E-state index contributed by atoms with van der Waals surface area (Å²) >= 11 is 6.73. The molecule has 0 spiro atoms. The fourth-order valence-electron chi connectivity index (χ4n) is 4.08. The van der Waals surface area contributed by atoms with Gasteiger partial charge in [-0.2, -0.15) is 0 Å². The highest BCUT2D eigenvalue weighted by atomic mass is 32.2. The van der Waals surface area contributed by atoms with Crippen LogP contribution >= 0.6 is 24.0 Å². The Labute approximate surface area is 246 Å². The van der Waals surface area contributed by atoms with Gasteiger partial charge < -0.3 is 19.7 Å². The second-order valence-electron chi connectivity index (χ2n) is 9.21. The predicted molar refractivity (Wildman–Crippen MR) is 164 cm³/mol. The van der Waals surface area contributed by atoms with Crippen molar-refractivity contribution in [2.24, 2.45) is 0 Å². The van der Waals surface area contributed by atoms with Gasteiger partial charge in [0.25, 0.3) is 5.91 Å². The molecule has 2 aromatic rings. The first-order chi connectivity index (χ1) is 19.3. The van der Waals surface area contributed by atoms with Crippen molar-refractivity contribution in [3.8, 4) is 5.75 Å². The van der Waals surface area contributed by atoms with Crippen LogP contribution in [0, 0.1) is 0 Å². The van der Waals surface area contributed by atoms with Gasteiger partial charge in [0.2, 0.25) is 5.91 Å². The number of methoxy groups -OCH3 is 1. The lowest BCUT2D eigenvalue weighted by molar-refractivity contribution is -0.122. The molecule has 40 heavy (non-hydrogen) atoms. The van der Waals surface area contributed by atoms with E-state index < -0.39 is 0 Å². The summed E-state index contributed by atoms with van der Waals surface area (Å²) in [5, 5.41) is 2.86. The van der Waals surface area contributed by atoms with Gasteiger partial charge in [0.1, 0.15) is 16.7 Å². The van der Waals surface area contributed by atoms with Gasteiger partial charge in [0.05, 0.1) is 17.6 Å². The van der Waals surface area contributed by atoms with E-state index in [1.807, 2.05) is 30.3 Å². The highest BCUT2D eigenvalue weighted by Gasteiger charge is 2.31. The number of unbranched alkanes of at least 4 members (excludes halogenated alkanes) is 2. The van der Waals surface area contributed by atoms with Gasteiger partial charge in [-0.05, 0) is 74.0 Å². The molecule has 10 heteroatoms. The third kappa shape index (κ3) is 9.46. The van der Waals surface area contributed by atoms with E-state index in [9.17, 15) is 14.4 Å². The van der Waals surface area contributed by atoms with Gasteiger partial charge >= 0.3 is 5.97 Å². The fourth-order valence-corrected chi connectivity index (χ4v) is 5.39. The third-order valence-corrected chi connectivity index (χ3v) is 7.89. The number of anilines is 1. The number of amides is 2. The molecule has 2 amide bonds. The summed E-state index contributed by atoms with van der Waals surface area (Å²) in [6.45, 7) is 7.55. The van der Waals surface area contributed by atoms with Crippen molar-refractivity contribution in [2.45, 2.75) is 39.5 Å². The van der Waals surface area contributed by atoms with E-state index in [0.29, 0.717) is 53.0 Å². The van der Waals surface area contributed by atoms with Gasteiger partial charge in [-0.3, -0.25) is 14.5 Å². The quantitative estimate of drug-likeness (QED) is 0.126. The second kappa shape index (κ2) is 16.2. The van der Waals surface area contributed by atoms with Crippen LogP contribution in [0.3, 0.4) is 0 Å². The van der Waals surface area contributed by atoms with Crippen LogP contribution in [0.1, 0.15) is 55.5 Å². The van der Waals surface area contributed by atoms with Gasteiger partial charge in [0, 0.05) is 25.2 Å². The summed E-state index contributed by atoms with van der Waals surface area (Å²) in [7, 11) is 1.61. The van der Waals surface area contributed by atoms with Crippen molar-refractivity contribution in [1.29, 1.82) is 0 Å². The molecule has 0 atom stereocenters. The predicted octanol–water partition coefficient (Wildman–Crippen LogP) is 5.59. The molecule has 1 aliphatic heterocycles. The minimum Gasteiger partial charge on any atom is -0.497 e. The maximum atomic E-state index is 12.8. The molecule has 1 heterocycles. The zero-order valence-corrected chi connectivity index (χ0v) is 24.9. The van der Waals surface area contributed by atoms with Crippen molar-refractivity contribution >= 4 is 57.8 Å². The van der Waals surface area contributed by atoms with E-state index in [-0.39, 0.29) is 17.8 Å². The molecule has 1 N–H and O–H groups in total. The lowest BCUT2D eigenvalue weighted by Crippen LogP contribution is -2.29. The second-order valence-corrected chi connectivity index (χ2v) is 10.9. The lowest BCUT2D eigenvalue weighted by atomic mass is 10.1. The van der Waals surface area contributed by atoms with E-state index in [0.717, 1.165) is 37.2 Å². The normalized spacial score (nSPS) is 14.2. The largest absolute Gasteiger partial charge is 0.497 e. The molecule has 3 rings (SSSR count). The van der Waals surface area contributed by atoms with Gasteiger partial charge in [-0.15, -0.1) is 0 Å². The molecule has 0 radical (unpaired) electrons. The Kier molecular flexibility index (Phi) is 12.6. The maximum Gasteiger partial charge on any atom is 0.338 e. The number of nitrogens with zero attached hydrogens (tertiary/aromatic N) is 2. The SMILES string of the molecule is CCN(CC)CCOC(=O)c1ccc(NC(=O)CCCCCN2C(=O)C(=Cc3ccc(OC)cc3)SC2=S)cc1. The Morgan fingerprint density at radius 2 is 1.73 bits per heavy atom. The standard InChI is InChI=1S/C30H37N3O5S2/c1-4-32(5-2)19-20-38-29(36)23-12-14-24(15-13-23)31-27(34)9-7-6-8-18-33-28(35)26(40-30(33)39)21-22-10-16-25(37-3)17-11-22/h10-17,21H,4-9,18-20H2,1-3H3,(H,31,34). The van der Waals surface area contributed by atoms with Crippen LogP contribution in [0.25, 0.3) is 6.08 Å². The molecule has 0 unspecified atom stereocenters. The topological polar surface area (TPSA) is 88.2 Å². The van der Waals surface area contributed by atoms with E-state index in [1.54, 1.807) is 36.3 Å². The first kappa shape index (κ1) is 31.3. The average Bonchev–Trinajstić information content (AvgIpc) is 3.23. The molecule has 2 aromatic carbocycles. The zero-order valence-electron chi connectivity index (χ0n) is 23.3.